The fraction of sp³-hybridized carbons (Fsp3) is 0.167. The van der Waals surface area contributed by atoms with Crippen LogP contribution in [0.4, 0.5) is 11.4 Å². The number of anilines is 2. The minimum Gasteiger partial charge on any atom is -0.497 e. The molecule has 0 saturated heterocycles. The molecule has 154 valence electrons. The standard InChI is InChI=1S/C24H25N3O3/c1-17-21(12-7-13-22(17)27-24(29)19-9-4-3-5-10-19)25-16-23(28)26-15-18-8-6-11-20(14-18)30-2/h3-14,25H,15-16H2,1-2H3,(H,26,28)(H,27,29). The van der Waals surface area contributed by atoms with Gasteiger partial charge in [0.2, 0.25) is 5.91 Å². The number of carbonyl (C=O) groups is 2. The predicted molar refractivity (Wildman–Crippen MR) is 119 cm³/mol. The number of hydrogen-bond donors (Lipinski definition) is 3. The van der Waals surface area contributed by atoms with E-state index in [0.29, 0.717) is 17.8 Å². The average molecular weight is 403 g/mol. The van der Waals surface area contributed by atoms with Gasteiger partial charge in [0, 0.05) is 23.5 Å². The van der Waals surface area contributed by atoms with Gasteiger partial charge in [-0.1, -0.05) is 36.4 Å². The Labute approximate surface area is 176 Å². The lowest BCUT2D eigenvalue weighted by molar-refractivity contribution is -0.119. The van der Waals surface area contributed by atoms with Gasteiger partial charge in [-0.25, -0.2) is 0 Å². The molecule has 0 bridgehead atoms. The lowest BCUT2D eigenvalue weighted by Gasteiger charge is -2.14. The van der Waals surface area contributed by atoms with Gasteiger partial charge < -0.3 is 20.7 Å². The fourth-order valence-electron chi connectivity index (χ4n) is 2.97. The predicted octanol–water partition coefficient (Wildman–Crippen LogP) is 3.98. The molecule has 0 fully saturated rings. The summed E-state index contributed by atoms with van der Waals surface area (Å²) in [6, 6.07) is 22.2. The highest BCUT2D eigenvalue weighted by Crippen LogP contribution is 2.23. The van der Waals surface area contributed by atoms with E-state index in [2.05, 4.69) is 16.0 Å². The molecule has 0 aliphatic heterocycles. The Kier molecular flexibility index (Phi) is 7.05. The first-order valence-electron chi connectivity index (χ1n) is 9.66. The first-order valence-corrected chi connectivity index (χ1v) is 9.66. The summed E-state index contributed by atoms with van der Waals surface area (Å²) in [5.74, 6) is 0.452. The molecular weight excluding hydrogens is 378 g/mol. The lowest BCUT2D eigenvalue weighted by atomic mass is 10.1. The molecular formula is C24H25N3O3. The average Bonchev–Trinajstić information content (AvgIpc) is 2.79. The van der Waals surface area contributed by atoms with Gasteiger partial charge in [0.1, 0.15) is 5.75 Å². The van der Waals surface area contributed by atoms with E-state index in [0.717, 1.165) is 22.6 Å². The maximum absolute atomic E-state index is 12.4. The summed E-state index contributed by atoms with van der Waals surface area (Å²) >= 11 is 0. The third kappa shape index (κ3) is 5.61. The van der Waals surface area contributed by atoms with Gasteiger partial charge in [-0.2, -0.15) is 0 Å². The molecule has 0 aliphatic carbocycles. The molecule has 3 N–H and O–H groups in total. The van der Waals surface area contributed by atoms with Gasteiger partial charge in [0.15, 0.2) is 0 Å². The van der Waals surface area contributed by atoms with Crippen molar-refractivity contribution in [1.29, 1.82) is 0 Å². The van der Waals surface area contributed by atoms with Gasteiger partial charge in [-0.15, -0.1) is 0 Å². The van der Waals surface area contributed by atoms with Crippen molar-refractivity contribution < 1.29 is 14.3 Å². The first kappa shape index (κ1) is 20.9. The van der Waals surface area contributed by atoms with Crippen molar-refractivity contribution in [3.63, 3.8) is 0 Å². The maximum atomic E-state index is 12.4. The topological polar surface area (TPSA) is 79.5 Å². The second-order valence-electron chi connectivity index (χ2n) is 6.78. The Balaban J connectivity index is 1.55. The normalized spacial score (nSPS) is 10.2. The van der Waals surface area contributed by atoms with Crippen molar-refractivity contribution >= 4 is 23.2 Å². The molecule has 3 rings (SSSR count). The minimum absolute atomic E-state index is 0.126. The number of rotatable bonds is 8. The third-order valence-corrected chi connectivity index (χ3v) is 4.68. The number of carbonyl (C=O) groups excluding carboxylic acids is 2. The van der Waals surface area contributed by atoms with E-state index in [1.54, 1.807) is 19.2 Å². The fourth-order valence-corrected chi connectivity index (χ4v) is 2.97. The Hall–Kier alpha value is -3.80. The molecule has 0 radical (unpaired) electrons. The van der Waals surface area contributed by atoms with Crippen LogP contribution >= 0.6 is 0 Å². The van der Waals surface area contributed by atoms with Crippen LogP contribution in [0.5, 0.6) is 5.75 Å². The van der Waals surface area contributed by atoms with Crippen molar-refractivity contribution in [2.75, 3.05) is 24.3 Å². The van der Waals surface area contributed by atoms with Gasteiger partial charge in [0.05, 0.1) is 13.7 Å². The molecule has 3 aromatic rings. The van der Waals surface area contributed by atoms with E-state index in [1.165, 1.54) is 0 Å². The summed E-state index contributed by atoms with van der Waals surface area (Å²) in [4.78, 5) is 24.6. The van der Waals surface area contributed by atoms with Gasteiger partial charge >= 0.3 is 0 Å². The molecule has 0 heterocycles. The second kappa shape index (κ2) is 10.1. The largest absolute Gasteiger partial charge is 0.497 e. The van der Waals surface area contributed by atoms with Crippen molar-refractivity contribution in [3.8, 4) is 5.75 Å². The van der Waals surface area contributed by atoms with E-state index < -0.39 is 0 Å². The monoisotopic (exact) mass is 403 g/mol. The summed E-state index contributed by atoms with van der Waals surface area (Å²) in [5.41, 5.74) is 3.90. The van der Waals surface area contributed by atoms with E-state index in [9.17, 15) is 9.59 Å². The highest BCUT2D eigenvalue weighted by molar-refractivity contribution is 6.05. The van der Waals surface area contributed by atoms with E-state index in [1.807, 2.05) is 67.6 Å². The number of amides is 2. The SMILES string of the molecule is COc1cccc(CNC(=O)CNc2cccc(NC(=O)c3ccccc3)c2C)c1. The number of ether oxygens (including phenoxy) is 1. The van der Waals surface area contributed by atoms with Crippen LogP contribution in [0, 0.1) is 6.92 Å². The Bertz CT molecular complexity index is 1020. The van der Waals surface area contributed by atoms with Crippen LogP contribution in [0.2, 0.25) is 0 Å². The second-order valence-corrected chi connectivity index (χ2v) is 6.78. The smallest absolute Gasteiger partial charge is 0.255 e. The van der Waals surface area contributed by atoms with Crippen LogP contribution < -0.4 is 20.7 Å². The quantitative estimate of drug-likeness (QED) is 0.531. The minimum atomic E-state index is -0.174. The molecule has 6 nitrogen and oxygen atoms in total. The van der Waals surface area contributed by atoms with Crippen molar-refractivity contribution in [3.05, 3.63) is 89.5 Å². The molecule has 30 heavy (non-hydrogen) atoms. The van der Waals surface area contributed by atoms with Crippen LogP contribution in [-0.4, -0.2) is 25.5 Å². The van der Waals surface area contributed by atoms with Crippen molar-refractivity contribution in [2.24, 2.45) is 0 Å². The first-order chi connectivity index (χ1) is 14.6. The summed E-state index contributed by atoms with van der Waals surface area (Å²) in [6.07, 6.45) is 0. The van der Waals surface area contributed by atoms with Gasteiger partial charge in [-0.05, 0) is 54.4 Å². The van der Waals surface area contributed by atoms with E-state index >= 15 is 0 Å². The molecule has 0 saturated carbocycles. The highest BCUT2D eigenvalue weighted by atomic mass is 16.5. The molecule has 0 spiro atoms. The van der Waals surface area contributed by atoms with Crippen LogP contribution in [0.15, 0.2) is 72.8 Å². The van der Waals surface area contributed by atoms with E-state index in [-0.39, 0.29) is 18.4 Å². The van der Waals surface area contributed by atoms with Gasteiger partial charge in [0.25, 0.3) is 5.91 Å². The lowest BCUT2D eigenvalue weighted by Crippen LogP contribution is -2.29. The molecule has 2 amide bonds. The Morgan fingerprint density at radius 3 is 2.40 bits per heavy atom. The molecule has 0 aromatic heterocycles. The van der Waals surface area contributed by atoms with Crippen LogP contribution in [0.25, 0.3) is 0 Å². The highest BCUT2D eigenvalue weighted by Gasteiger charge is 2.10. The van der Waals surface area contributed by atoms with Crippen LogP contribution in [-0.2, 0) is 11.3 Å². The van der Waals surface area contributed by atoms with E-state index in [4.69, 9.17) is 4.74 Å². The van der Waals surface area contributed by atoms with Crippen molar-refractivity contribution in [2.45, 2.75) is 13.5 Å². The number of nitrogens with one attached hydrogen (secondary N) is 3. The molecule has 0 unspecified atom stereocenters. The third-order valence-electron chi connectivity index (χ3n) is 4.68. The number of hydrogen-bond acceptors (Lipinski definition) is 4. The summed E-state index contributed by atoms with van der Waals surface area (Å²) < 4.78 is 5.19. The Morgan fingerprint density at radius 2 is 1.63 bits per heavy atom. The zero-order valence-electron chi connectivity index (χ0n) is 17.1. The molecule has 6 heteroatoms. The zero-order chi connectivity index (χ0) is 21.3. The van der Waals surface area contributed by atoms with Crippen LogP contribution in [0.1, 0.15) is 21.5 Å². The summed E-state index contributed by atoms with van der Waals surface area (Å²) in [5, 5.41) is 8.94. The van der Waals surface area contributed by atoms with Gasteiger partial charge in [-0.3, -0.25) is 9.59 Å². The van der Waals surface area contributed by atoms with Crippen molar-refractivity contribution in [1.82, 2.24) is 5.32 Å². The summed E-state index contributed by atoms with van der Waals surface area (Å²) in [7, 11) is 1.61. The molecule has 0 atom stereocenters. The molecule has 3 aromatic carbocycles. The van der Waals surface area contributed by atoms with Crippen LogP contribution in [0.3, 0.4) is 0 Å². The Morgan fingerprint density at radius 1 is 0.900 bits per heavy atom. The number of benzene rings is 3. The number of methoxy groups -OCH3 is 1. The maximum Gasteiger partial charge on any atom is 0.255 e. The zero-order valence-corrected chi connectivity index (χ0v) is 17.1. The molecule has 0 aliphatic rings. The summed E-state index contributed by atoms with van der Waals surface area (Å²) in [6.45, 7) is 2.45.